The van der Waals surface area contributed by atoms with Crippen LogP contribution in [-0.4, -0.2) is 32.1 Å². The van der Waals surface area contributed by atoms with E-state index >= 15 is 0 Å². The number of hydrogen-bond donors (Lipinski definition) is 1. The summed E-state index contributed by atoms with van der Waals surface area (Å²) in [4.78, 5) is 2.15. The second kappa shape index (κ2) is 6.21. The average Bonchev–Trinajstić information content (AvgIpc) is 2.15. The van der Waals surface area contributed by atoms with Crippen molar-refractivity contribution < 1.29 is 0 Å². The maximum Gasteiger partial charge on any atom is 0.0718 e. The fraction of sp³-hybridized carbons (Fsp3) is 0.455. The van der Waals surface area contributed by atoms with Crippen molar-refractivity contribution in [1.29, 1.82) is 0 Å². The Morgan fingerprint density at radius 2 is 1.80 bits per heavy atom. The molecule has 0 amide bonds. The zero-order valence-electron chi connectivity index (χ0n) is 9.06. The summed E-state index contributed by atoms with van der Waals surface area (Å²) < 4.78 is 0. The van der Waals surface area contributed by atoms with Gasteiger partial charge in [-0.2, -0.15) is 0 Å². The fourth-order valence-electron chi connectivity index (χ4n) is 1.28. The van der Waals surface area contributed by atoms with Crippen molar-refractivity contribution in [2.24, 2.45) is 0 Å². The molecule has 84 valence electrons. The summed E-state index contributed by atoms with van der Waals surface area (Å²) >= 11 is 12.0. The van der Waals surface area contributed by atoms with Crippen LogP contribution in [0.3, 0.4) is 0 Å². The van der Waals surface area contributed by atoms with Gasteiger partial charge in [-0.05, 0) is 39.2 Å². The normalized spacial score (nSPS) is 10.7. The Balaban J connectivity index is 2.43. The molecule has 0 heterocycles. The maximum absolute atomic E-state index is 6.01. The molecule has 0 bridgehead atoms. The van der Waals surface area contributed by atoms with E-state index < -0.39 is 0 Å². The van der Waals surface area contributed by atoms with Crippen molar-refractivity contribution >= 4 is 28.9 Å². The lowest BCUT2D eigenvalue weighted by molar-refractivity contribution is 0.405. The van der Waals surface area contributed by atoms with E-state index in [-0.39, 0.29) is 0 Å². The molecule has 0 aliphatic carbocycles. The number of rotatable bonds is 5. The molecule has 0 radical (unpaired) electrons. The van der Waals surface area contributed by atoms with Crippen molar-refractivity contribution in [1.82, 2.24) is 4.90 Å². The predicted octanol–water partition coefficient (Wildman–Crippen LogP) is 3.36. The summed E-state index contributed by atoms with van der Waals surface area (Å²) in [5.41, 5.74) is 0.833. The zero-order valence-corrected chi connectivity index (χ0v) is 10.6. The van der Waals surface area contributed by atoms with E-state index in [9.17, 15) is 0 Å². The van der Waals surface area contributed by atoms with E-state index in [0.29, 0.717) is 10.0 Å². The van der Waals surface area contributed by atoms with Crippen molar-refractivity contribution in [2.75, 3.05) is 32.5 Å². The third-order valence-electron chi connectivity index (χ3n) is 2.05. The van der Waals surface area contributed by atoms with Gasteiger partial charge < -0.3 is 10.2 Å². The zero-order chi connectivity index (χ0) is 11.3. The lowest BCUT2D eigenvalue weighted by Crippen LogP contribution is -2.16. The highest BCUT2D eigenvalue weighted by molar-refractivity contribution is 6.39. The smallest absolute Gasteiger partial charge is 0.0718 e. The summed E-state index contributed by atoms with van der Waals surface area (Å²) in [6.45, 7) is 1.93. The predicted molar refractivity (Wildman–Crippen MR) is 68.1 cm³/mol. The molecule has 0 aliphatic rings. The second-order valence-corrected chi connectivity index (χ2v) is 4.49. The van der Waals surface area contributed by atoms with Crippen LogP contribution in [0.5, 0.6) is 0 Å². The maximum atomic E-state index is 6.01. The summed E-state index contributed by atoms with van der Waals surface area (Å²) in [6.07, 6.45) is 1.06. The standard InChI is InChI=1S/C11H16Cl2N2/c1-15(2)8-4-7-14-11-9(12)5-3-6-10(11)13/h3,5-6,14H,4,7-8H2,1-2H3. The van der Waals surface area contributed by atoms with E-state index in [2.05, 4.69) is 24.3 Å². The molecule has 0 saturated carbocycles. The van der Waals surface area contributed by atoms with Gasteiger partial charge in [0.25, 0.3) is 0 Å². The SMILES string of the molecule is CN(C)CCCNc1c(Cl)cccc1Cl. The quantitative estimate of drug-likeness (QED) is 0.802. The third kappa shape index (κ3) is 4.29. The van der Waals surface area contributed by atoms with Crippen LogP contribution in [0.15, 0.2) is 18.2 Å². The van der Waals surface area contributed by atoms with Crippen LogP contribution in [0.4, 0.5) is 5.69 Å². The number of anilines is 1. The first-order chi connectivity index (χ1) is 7.11. The van der Waals surface area contributed by atoms with Gasteiger partial charge in [-0.1, -0.05) is 29.3 Å². The third-order valence-corrected chi connectivity index (χ3v) is 2.68. The van der Waals surface area contributed by atoms with Gasteiger partial charge in [-0.3, -0.25) is 0 Å². The van der Waals surface area contributed by atoms with Gasteiger partial charge in [0.05, 0.1) is 15.7 Å². The first-order valence-corrected chi connectivity index (χ1v) is 5.69. The molecule has 1 N–H and O–H groups in total. The number of hydrogen-bond acceptors (Lipinski definition) is 2. The van der Waals surface area contributed by atoms with Gasteiger partial charge in [0.2, 0.25) is 0 Å². The van der Waals surface area contributed by atoms with E-state index in [1.54, 1.807) is 0 Å². The Bertz CT molecular complexity index is 293. The van der Waals surface area contributed by atoms with Crippen molar-refractivity contribution in [3.63, 3.8) is 0 Å². The van der Waals surface area contributed by atoms with Crippen LogP contribution >= 0.6 is 23.2 Å². The molecule has 0 aromatic heterocycles. The highest BCUT2D eigenvalue weighted by atomic mass is 35.5. The fourth-order valence-corrected chi connectivity index (χ4v) is 1.81. The molecule has 4 heteroatoms. The van der Waals surface area contributed by atoms with Gasteiger partial charge in [0.15, 0.2) is 0 Å². The van der Waals surface area contributed by atoms with Gasteiger partial charge >= 0.3 is 0 Å². The van der Waals surface area contributed by atoms with Gasteiger partial charge in [0, 0.05) is 6.54 Å². The van der Waals surface area contributed by atoms with E-state index in [4.69, 9.17) is 23.2 Å². The topological polar surface area (TPSA) is 15.3 Å². The Morgan fingerprint density at radius 3 is 2.33 bits per heavy atom. The molecular weight excluding hydrogens is 231 g/mol. The molecule has 0 unspecified atom stereocenters. The first-order valence-electron chi connectivity index (χ1n) is 4.94. The van der Waals surface area contributed by atoms with Gasteiger partial charge in [-0.25, -0.2) is 0 Å². The molecule has 0 spiro atoms. The highest BCUT2D eigenvalue weighted by Crippen LogP contribution is 2.29. The van der Waals surface area contributed by atoms with Crippen LogP contribution in [-0.2, 0) is 0 Å². The Hall–Kier alpha value is -0.440. The highest BCUT2D eigenvalue weighted by Gasteiger charge is 2.03. The number of halogens is 2. The van der Waals surface area contributed by atoms with E-state index in [0.717, 1.165) is 25.2 Å². The Morgan fingerprint density at radius 1 is 1.20 bits per heavy atom. The molecule has 0 fully saturated rings. The average molecular weight is 247 g/mol. The second-order valence-electron chi connectivity index (χ2n) is 3.68. The summed E-state index contributed by atoms with van der Waals surface area (Å²) in [5, 5.41) is 4.59. The van der Waals surface area contributed by atoms with Crippen LogP contribution in [0, 0.1) is 0 Å². The van der Waals surface area contributed by atoms with E-state index in [1.165, 1.54) is 0 Å². The summed E-state index contributed by atoms with van der Waals surface area (Å²) in [7, 11) is 4.12. The largest absolute Gasteiger partial charge is 0.383 e. The van der Waals surface area contributed by atoms with Crippen LogP contribution < -0.4 is 5.32 Å². The van der Waals surface area contributed by atoms with Gasteiger partial charge in [0.1, 0.15) is 0 Å². The molecule has 0 atom stereocenters. The Labute approximate surface area is 101 Å². The van der Waals surface area contributed by atoms with Crippen LogP contribution in [0.1, 0.15) is 6.42 Å². The van der Waals surface area contributed by atoms with Crippen molar-refractivity contribution in [2.45, 2.75) is 6.42 Å². The van der Waals surface area contributed by atoms with Crippen molar-refractivity contribution in [3.05, 3.63) is 28.2 Å². The number of nitrogens with one attached hydrogen (secondary N) is 1. The number of para-hydroxylation sites is 1. The minimum atomic E-state index is 0.673. The number of benzene rings is 1. The van der Waals surface area contributed by atoms with Crippen LogP contribution in [0.25, 0.3) is 0 Å². The first kappa shape index (κ1) is 12.6. The van der Waals surface area contributed by atoms with Crippen molar-refractivity contribution in [3.8, 4) is 0 Å². The molecule has 1 aromatic rings. The minimum absolute atomic E-state index is 0.673. The minimum Gasteiger partial charge on any atom is -0.383 e. The van der Waals surface area contributed by atoms with E-state index in [1.807, 2.05) is 18.2 Å². The molecule has 2 nitrogen and oxygen atoms in total. The van der Waals surface area contributed by atoms with Gasteiger partial charge in [-0.15, -0.1) is 0 Å². The number of nitrogens with zero attached hydrogens (tertiary/aromatic N) is 1. The molecule has 15 heavy (non-hydrogen) atoms. The monoisotopic (exact) mass is 246 g/mol. The lowest BCUT2D eigenvalue weighted by atomic mass is 10.3. The van der Waals surface area contributed by atoms with Crippen LogP contribution in [0.2, 0.25) is 10.0 Å². The summed E-state index contributed by atoms with van der Waals surface area (Å²) in [5.74, 6) is 0. The summed E-state index contributed by atoms with van der Waals surface area (Å²) in [6, 6.07) is 5.51. The molecule has 1 aromatic carbocycles. The lowest BCUT2D eigenvalue weighted by Gasteiger charge is -2.12. The molecule has 1 rings (SSSR count). The molecular formula is C11H16Cl2N2. The molecule has 0 saturated heterocycles. The molecule has 0 aliphatic heterocycles. The Kier molecular flexibility index (Phi) is 5.23.